The van der Waals surface area contributed by atoms with Crippen LogP contribution in [0.15, 0.2) is 47.1 Å². The molecule has 8 heterocycles. The van der Waals surface area contributed by atoms with Crippen LogP contribution in [-0.4, -0.2) is 43.0 Å². The van der Waals surface area contributed by atoms with E-state index >= 15 is 0 Å². The zero-order valence-corrected chi connectivity index (χ0v) is 26.6. The fourth-order valence-electron chi connectivity index (χ4n) is 4.14. The Kier molecular flexibility index (Phi) is 7.42. The molecule has 34 heavy (non-hydrogen) atoms. The van der Waals surface area contributed by atoms with Crippen molar-refractivity contribution in [2.24, 2.45) is 0 Å². The second kappa shape index (κ2) is 10.3. The molecule has 8 aliphatic rings. The lowest BCUT2D eigenvalue weighted by atomic mass is 10.4. The molecule has 0 amide bonds. The SMILES string of the molecule is C1=CSC2=C(S1)SC1NC3SC(=C4SC5NC6SC7=C(SC=CS7)SC6NC5S4)SC3NC1S2. The van der Waals surface area contributed by atoms with E-state index in [0.29, 0.717) is 43.0 Å². The van der Waals surface area contributed by atoms with E-state index in [0.717, 1.165) is 0 Å². The first-order valence-corrected chi connectivity index (χ1v) is 20.9. The normalized spacial score (nSPS) is 44.9. The molecule has 8 atom stereocenters. The lowest BCUT2D eigenvalue weighted by Crippen LogP contribution is -2.60. The van der Waals surface area contributed by atoms with Crippen LogP contribution in [0.25, 0.3) is 0 Å². The van der Waals surface area contributed by atoms with Gasteiger partial charge in [0.05, 0.1) is 68.4 Å². The van der Waals surface area contributed by atoms with Crippen molar-refractivity contribution in [2.75, 3.05) is 0 Å². The van der Waals surface area contributed by atoms with Gasteiger partial charge in [-0.2, -0.15) is 0 Å². The molecule has 0 aromatic rings. The predicted molar refractivity (Wildman–Crippen MR) is 173 cm³/mol. The van der Waals surface area contributed by atoms with E-state index in [1.165, 1.54) is 25.4 Å². The van der Waals surface area contributed by atoms with Gasteiger partial charge < -0.3 is 0 Å². The van der Waals surface area contributed by atoms with Crippen LogP contribution in [0.1, 0.15) is 0 Å². The molecule has 4 fully saturated rings. The monoisotopic (exact) mass is 672 g/mol. The van der Waals surface area contributed by atoms with Crippen LogP contribution >= 0.6 is 141 Å². The van der Waals surface area contributed by atoms with Crippen molar-refractivity contribution in [3.63, 3.8) is 0 Å². The smallest absolute Gasteiger partial charge is 0.0849 e. The molecule has 0 aliphatic carbocycles. The Balaban J connectivity index is 0.951. The molecule has 8 rings (SSSR count). The molecule has 8 unspecified atom stereocenters. The highest BCUT2D eigenvalue weighted by Crippen LogP contribution is 2.62. The average molecular weight is 673 g/mol. The quantitative estimate of drug-likeness (QED) is 0.210. The highest BCUT2D eigenvalue weighted by molar-refractivity contribution is 8.34. The third-order valence-electron chi connectivity index (χ3n) is 5.60. The summed E-state index contributed by atoms with van der Waals surface area (Å²) < 4.78 is 8.84. The van der Waals surface area contributed by atoms with Crippen molar-refractivity contribution in [3.05, 3.63) is 47.1 Å². The van der Waals surface area contributed by atoms with Crippen LogP contribution in [0, 0.1) is 0 Å². The van der Waals surface area contributed by atoms with E-state index in [1.807, 2.05) is 141 Å². The number of nitrogens with one attached hydrogen (secondary N) is 4. The molecule has 0 saturated carbocycles. The van der Waals surface area contributed by atoms with Crippen LogP contribution in [0.5, 0.6) is 0 Å². The third kappa shape index (κ3) is 4.60. The molecular formula is C18H16N4S12. The van der Waals surface area contributed by atoms with Crippen molar-refractivity contribution in [1.82, 2.24) is 21.3 Å². The van der Waals surface area contributed by atoms with Crippen LogP contribution in [-0.2, 0) is 0 Å². The molecule has 0 spiro atoms. The van der Waals surface area contributed by atoms with Crippen molar-refractivity contribution in [1.29, 1.82) is 0 Å². The maximum Gasteiger partial charge on any atom is 0.0849 e. The predicted octanol–water partition coefficient (Wildman–Crippen LogP) is 7.18. The number of thioether (sulfide) groups is 12. The van der Waals surface area contributed by atoms with E-state index in [4.69, 9.17) is 0 Å². The summed E-state index contributed by atoms with van der Waals surface area (Å²) >= 11 is 23.7. The van der Waals surface area contributed by atoms with Crippen molar-refractivity contribution in [3.8, 4) is 0 Å². The van der Waals surface area contributed by atoms with Crippen LogP contribution in [0.4, 0.5) is 0 Å². The van der Waals surface area contributed by atoms with Gasteiger partial charge in [-0.15, -0.1) is 0 Å². The Labute approximate surface area is 249 Å². The second-order valence-electron chi connectivity index (χ2n) is 7.71. The number of fused-ring (bicyclic) bond motifs is 4. The fourth-order valence-corrected chi connectivity index (χ4v) is 21.5. The van der Waals surface area contributed by atoms with Gasteiger partial charge in [0.2, 0.25) is 0 Å². The minimum absolute atomic E-state index is 0.427. The molecule has 180 valence electrons. The van der Waals surface area contributed by atoms with E-state index in [9.17, 15) is 0 Å². The second-order valence-corrected chi connectivity index (χ2v) is 22.1. The maximum absolute atomic E-state index is 3.97. The molecule has 0 bridgehead atoms. The van der Waals surface area contributed by atoms with Gasteiger partial charge in [0.15, 0.2) is 0 Å². The van der Waals surface area contributed by atoms with Gasteiger partial charge in [-0.1, -0.05) is 141 Å². The standard InChI is InChI=1S/C18H16N4S12/c1-2-24-14-13(23-1)27-5-6(28-14)20-10-9(19-5)31-17(32-10)18-33-11-12(34-18)22-8-7(21-11)29-15-16(30-8)26-4-3-25-15/h1-12,19-22H. The lowest BCUT2D eigenvalue weighted by Gasteiger charge is -2.42. The molecule has 4 saturated heterocycles. The Morgan fingerprint density at radius 3 is 0.765 bits per heavy atom. The summed E-state index contributed by atoms with van der Waals surface area (Å²) in [6.45, 7) is 0. The van der Waals surface area contributed by atoms with E-state index in [2.05, 4.69) is 42.9 Å². The van der Waals surface area contributed by atoms with E-state index < -0.39 is 0 Å². The van der Waals surface area contributed by atoms with Crippen LogP contribution in [0.2, 0.25) is 0 Å². The van der Waals surface area contributed by atoms with Gasteiger partial charge in [-0.05, 0) is 21.6 Å². The highest BCUT2D eigenvalue weighted by atomic mass is 32.2. The van der Waals surface area contributed by atoms with Crippen molar-refractivity contribution >= 4 is 141 Å². The van der Waals surface area contributed by atoms with Gasteiger partial charge in [-0.3, -0.25) is 21.3 Å². The Morgan fingerprint density at radius 2 is 0.529 bits per heavy atom. The zero-order chi connectivity index (χ0) is 22.2. The van der Waals surface area contributed by atoms with Gasteiger partial charge in [-0.25, -0.2) is 0 Å². The molecule has 0 radical (unpaired) electrons. The van der Waals surface area contributed by atoms with Crippen LogP contribution in [0.3, 0.4) is 0 Å². The summed E-state index contributed by atoms with van der Waals surface area (Å²) in [4.78, 5) is 0. The maximum atomic E-state index is 3.97. The summed E-state index contributed by atoms with van der Waals surface area (Å²) in [6, 6.07) is 0. The molecule has 0 aromatic carbocycles. The fraction of sp³-hybridized carbons (Fsp3) is 0.444. The topological polar surface area (TPSA) is 48.1 Å². The molecule has 0 aromatic heterocycles. The van der Waals surface area contributed by atoms with E-state index in [-0.39, 0.29) is 0 Å². The summed E-state index contributed by atoms with van der Waals surface area (Å²) in [6.07, 6.45) is 0. The summed E-state index contributed by atoms with van der Waals surface area (Å²) in [7, 11) is 0. The highest BCUT2D eigenvalue weighted by Gasteiger charge is 2.49. The first-order chi connectivity index (χ1) is 16.8. The molecular weight excluding hydrogens is 657 g/mol. The number of hydrogen-bond donors (Lipinski definition) is 4. The van der Waals surface area contributed by atoms with Gasteiger partial charge >= 0.3 is 0 Å². The Hall–Kier alpha value is 2.74. The zero-order valence-electron chi connectivity index (χ0n) is 16.8. The largest absolute Gasteiger partial charge is 0.289 e. The molecule has 16 heteroatoms. The van der Waals surface area contributed by atoms with Gasteiger partial charge in [0.25, 0.3) is 0 Å². The lowest BCUT2D eigenvalue weighted by molar-refractivity contribution is 0.437. The van der Waals surface area contributed by atoms with E-state index in [1.54, 1.807) is 0 Å². The Morgan fingerprint density at radius 1 is 0.324 bits per heavy atom. The Bertz CT molecular complexity index is 915. The first kappa shape index (κ1) is 24.5. The number of hydrogen-bond acceptors (Lipinski definition) is 16. The third-order valence-corrected chi connectivity index (χ3v) is 23.1. The molecule has 8 aliphatic heterocycles. The molecule has 4 nitrogen and oxygen atoms in total. The van der Waals surface area contributed by atoms with Crippen molar-refractivity contribution < 1.29 is 0 Å². The summed E-state index contributed by atoms with van der Waals surface area (Å²) in [5.41, 5.74) is 0. The van der Waals surface area contributed by atoms with Gasteiger partial charge in [0, 0.05) is 0 Å². The minimum atomic E-state index is 0.427. The number of rotatable bonds is 0. The first-order valence-electron chi connectivity index (χ1n) is 10.3. The minimum Gasteiger partial charge on any atom is -0.289 e. The average Bonchev–Trinajstić information content (AvgIpc) is 3.46. The van der Waals surface area contributed by atoms with Gasteiger partial charge in [0.1, 0.15) is 0 Å². The van der Waals surface area contributed by atoms with Crippen molar-refractivity contribution in [2.45, 2.75) is 43.0 Å². The number of piperazine rings is 2. The molecule has 4 N–H and O–H groups in total. The summed E-state index contributed by atoms with van der Waals surface area (Å²) in [5.74, 6) is 0. The van der Waals surface area contributed by atoms with Crippen LogP contribution < -0.4 is 21.3 Å². The summed E-state index contributed by atoms with van der Waals surface area (Å²) in [5, 5.41) is 28.1.